The van der Waals surface area contributed by atoms with Gasteiger partial charge in [0.2, 0.25) is 0 Å². The Hall–Kier alpha value is -1.53. The lowest BCUT2D eigenvalue weighted by Crippen LogP contribution is -2.41. The van der Waals surface area contributed by atoms with E-state index in [1.165, 1.54) is 6.07 Å². The molecule has 0 spiro atoms. The molecule has 0 atom stereocenters. The average molecular weight is 278 g/mol. The first kappa shape index (κ1) is 14.9. The highest BCUT2D eigenvalue weighted by molar-refractivity contribution is 6.63. The molecule has 5 nitrogen and oxygen atoms in total. The van der Waals surface area contributed by atoms with Crippen molar-refractivity contribution in [2.24, 2.45) is 0 Å². The van der Waals surface area contributed by atoms with Crippen molar-refractivity contribution in [3.05, 3.63) is 23.8 Å². The lowest BCUT2D eigenvalue weighted by Gasteiger charge is -2.32. The lowest BCUT2D eigenvalue weighted by atomic mass is 9.77. The summed E-state index contributed by atoms with van der Waals surface area (Å²) >= 11 is 0. The highest BCUT2D eigenvalue weighted by atomic mass is 16.7. The summed E-state index contributed by atoms with van der Waals surface area (Å²) in [5.74, 6) is -0.881. The smallest absolute Gasteiger partial charge is 0.498 e. The van der Waals surface area contributed by atoms with Crippen molar-refractivity contribution in [3.63, 3.8) is 0 Å². The molecule has 0 aromatic heterocycles. The third-order valence-corrected chi connectivity index (χ3v) is 3.95. The summed E-state index contributed by atoms with van der Waals surface area (Å²) in [6.07, 6.45) is -0.104. The first-order chi connectivity index (χ1) is 9.12. The summed E-state index contributed by atoms with van der Waals surface area (Å²) < 4.78 is 11.7. The summed E-state index contributed by atoms with van der Waals surface area (Å²) in [7, 11) is -0.700. The summed E-state index contributed by atoms with van der Waals surface area (Å²) in [6, 6.07) is 4.67. The van der Waals surface area contributed by atoms with Crippen LogP contribution >= 0.6 is 0 Å². The molecule has 1 aromatic carbocycles. The first-order valence-electron chi connectivity index (χ1n) is 6.51. The van der Waals surface area contributed by atoms with Crippen LogP contribution in [0.25, 0.3) is 0 Å². The van der Waals surface area contributed by atoms with Crippen molar-refractivity contribution in [1.82, 2.24) is 0 Å². The van der Waals surface area contributed by atoms with Gasteiger partial charge in [-0.05, 0) is 39.3 Å². The van der Waals surface area contributed by atoms with Crippen molar-refractivity contribution in [2.45, 2.75) is 45.3 Å². The molecule has 6 heteroatoms. The third-order valence-electron chi connectivity index (χ3n) is 3.95. The molecule has 0 saturated carbocycles. The average Bonchev–Trinajstić information content (AvgIpc) is 2.50. The Morgan fingerprint density at radius 1 is 1.20 bits per heavy atom. The fourth-order valence-corrected chi connectivity index (χ4v) is 2.05. The van der Waals surface area contributed by atoms with Crippen LogP contribution in [-0.2, 0) is 20.5 Å². The maximum Gasteiger partial charge on any atom is 0.498 e. The van der Waals surface area contributed by atoms with Gasteiger partial charge in [0.15, 0.2) is 0 Å². The summed E-state index contributed by atoms with van der Waals surface area (Å²) in [6.45, 7) is 7.69. The van der Waals surface area contributed by atoms with Crippen LogP contribution in [0.15, 0.2) is 18.2 Å². The van der Waals surface area contributed by atoms with Crippen LogP contribution in [0.2, 0.25) is 0 Å². The van der Waals surface area contributed by atoms with Crippen LogP contribution in [0.5, 0.6) is 5.75 Å². The number of phenolic OH excluding ortho intramolecular Hbond substituents is 1. The van der Waals surface area contributed by atoms with Gasteiger partial charge in [-0.1, -0.05) is 12.1 Å². The fourth-order valence-electron chi connectivity index (χ4n) is 2.05. The predicted molar refractivity (Wildman–Crippen MR) is 75.2 cm³/mol. The Bertz CT molecular complexity index is 522. The Kier molecular flexibility index (Phi) is 3.56. The number of hydrogen-bond acceptors (Lipinski definition) is 4. The van der Waals surface area contributed by atoms with E-state index in [0.29, 0.717) is 11.0 Å². The number of aromatic hydroxyl groups is 1. The number of benzene rings is 1. The van der Waals surface area contributed by atoms with E-state index in [9.17, 15) is 9.90 Å². The van der Waals surface area contributed by atoms with Gasteiger partial charge in [0, 0.05) is 5.46 Å². The van der Waals surface area contributed by atoms with Gasteiger partial charge in [-0.3, -0.25) is 4.79 Å². The van der Waals surface area contributed by atoms with E-state index in [-0.39, 0.29) is 12.2 Å². The van der Waals surface area contributed by atoms with Gasteiger partial charge in [-0.15, -0.1) is 0 Å². The molecule has 108 valence electrons. The SMILES string of the molecule is CC1(C)OB(c2cc(CC(=O)O)ccc2O)OC1(C)C. The first-order valence-corrected chi connectivity index (χ1v) is 6.51. The van der Waals surface area contributed by atoms with E-state index in [0.717, 1.165) is 0 Å². The molecule has 1 aliphatic rings. The normalized spacial score (nSPS) is 20.1. The fraction of sp³-hybridized carbons (Fsp3) is 0.500. The van der Waals surface area contributed by atoms with Gasteiger partial charge in [0.25, 0.3) is 0 Å². The standard InChI is InChI=1S/C14H19BO5/c1-13(2)14(3,4)20-15(19-13)10-7-9(8-12(17)18)5-6-11(10)16/h5-7,16H,8H2,1-4H3,(H,17,18). The van der Waals surface area contributed by atoms with Gasteiger partial charge in [0.05, 0.1) is 17.6 Å². The third kappa shape index (κ3) is 2.67. The van der Waals surface area contributed by atoms with E-state index in [1.807, 2.05) is 27.7 Å². The molecule has 1 aliphatic heterocycles. The molecule has 2 N–H and O–H groups in total. The molecular formula is C14H19BO5. The van der Waals surface area contributed by atoms with Crippen molar-refractivity contribution in [3.8, 4) is 5.75 Å². The Labute approximate surface area is 118 Å². The maximum atomic E-state index is 10.8. The van der Waals surface area contributed by atoms with Crippen LogP contribution in [0, 0.1) is 0 Å². The zero-order valence-electron chi connectivity index (χ0n) is 12.1. The van der Waals surface area contributed by atoms with E-state index < -0.39 is 24.3 Å². The zero-order chi connectivity index (χ0) is 15.1. The van der Waals surface area contributed by atoms with Crippen molar-refractivity contribution in [2.75, 3.05) is 0 Å². The number of hydrogen-bond donors (Lipinski definition) is 2. The van der Waals surface area contributed by atoms with E-state index in [4.69, 9.17) is 14.4 Å². The molecule has 0 unspecified atom stereocenters. The van der Waals surface area contributed by atoms with E-state index >= 15 is 0 Å². The molecule has 1 saturated heterocycles. The second-order valence-electron chi connectivity index (χ2n) is 6.05. The van der Waals surface area contributed by atoms with Crippen molar-refractivity contribution >= 4 is 18.6 Å². The molecular weight excluding hydrogens is 259 g/mol. The molecule has 2 rings (SSSR count). The zero-order valence-corrected chi connectivity index (χ0v) is 12.1. The maximum absolute atomic E-state index is 10.8. The van der Waals surface area contributed by atoms with E-state index in [2.05, 4.69) is 0 Å². The number of carbonyl (C=O) groups is 1. The monoisotopic (exact) mass is 278 g/mol. The van der Waals surface area contributed by atoms with Crippen LogP contribution in [-0.4, -0.2) is 34.5 Å². The molecule has 0 radical (unpaired) electrons. The molecule has 0 bridgehead atoms. The summed E-state index contributed by atoms with van der Waals surface area (Å²) in [5, 5.41) is 18.8. The quantitative estimate of drug-likeness (QED) is 0.815. The highest BCUT2D eigenvalue weighted by Gasteiger charge is 2.52. The van der Waals surface area contributed by atoms with Gasteiger partial charge in [-0.2, -0.15) is 0 Å². The minimum Gasteiger partial charge on any atom is -0.508 e. The molecule has 1 heterocycles. The van der Waals surface area contributed by atoms with Gasteiger partial charge >= 0.3 is 13.1 Å². The minimum absolute atomic E-state index is 0.0395. The Morgan fingerprint density at radius 3 is 2.25 bits per heavy atom. The van der Waals surface area contributed by atoms with Crippen LogP contribution < -0.4 is 5.46 Å². The van der Waals surface area contributed by atoms with Crippen molar-refractivity contribution < 1.29 is 24.3 Å². The van der Waals surface area contributed by atoms with Gasteiger partial charge in [0.1, 0.15) is 5.75 Å². The van der Waals surface area contributed by atoms with Crippen molar-refractivity contribution in [1.29, 1.82) is 0 Å². The second-order valence-corrected chi connectivity index (χ2v) is 6.05. The Balaban J connectivity index is 2.32. The Morgan fingerprint density at radius 2 is 1.75 bits per heavy atom. The summed E-state index contributed by atoms with van der Waals surface area (Å²) in [4.78, 5) is 10.8. The number of rotatable bonds is 3. The topological polar surface area (TPSA) is 76.0 Å². The number of carboxylic acid groups (broad SMARTS) is 1. The number of phenols is 1. The molecule has 0 aliphatic carbocycles. The van der Waals surface area contributed by atoms with Crippen LogP contribution in [0.3, 0.4) is 0 Å². The number of aliphatic carboxylic acids is 1. The summed E-state index contributed by atoms with van der Waals surface area (Å²) in [5.41, 5.74) is 0.0437. The van der Waals surface area contributed by atoms with E-state index in [1.54, 1.807) is 12.1 Å². The van der Waals surface area contributed by atoms with Crippen LogP contribution in [0.1, 0.15) is 33.3 Å². The molecule has 20 heavy (non-hydrogen) atoms. The molecule has 0 amide bonds. The second kappa shape index (κ2) is 4.79. The molecule has 1 fully saturated rings. The van der Waals surface area contributed by atoms with Gasteiger partial charge < -0.3 is 19.5 Å². The lowest BCUT2D eigenvalue weighted by molar-refractivity contribution is -0.136. The molecule has 1 aromatic rings. The van der Waals surface area contributed by atoms with Crippen LogP contribution in [0.4, 0.5) is 0 Å². The largest absolute Gasteiger partial charge is 0.508 e. The minimum atomic E-state index is -0.921. The predicted octanol–water partition coefficient (Wildman–Crippen LogP) is 1.32. The van der Waals surface area contributed by atoms with Gasteiger partial charge in [-0.25, -0.2) is 0 Å². The number of carboxylic acids is 1. The highest BCUT2D eigenvalue weighted by Crippen LogP contribution is 2.37.